The van der Waals surface area contributed by atoms with E-state index >= 15 is 0 Å². The van der Waals surface area contributed by atoms with Crippen LogP contribution in [-0.2, 0) is 0 Å². The number of urea groups is 1. The highest BCUT2D eigenvalue weighted by Crippen LogP contribution is 2.10. The van der Waals surface area contributed by atoms with Crippen LogP contribution in [0.25, 0.3) is 5.65 Å². The minimum atomic E-state index is -0.293. The van der Waals surface area contributed by atoms with Crippen molar-refractivity contribution < 1.29 is 4.79 Å². The van der Waals surface area contributed by atoms with Crippen molar-refractivity contribution in [2.24, 2.45) is 0 Å². The zero-order chi connectivity index (χ0) is 13.9. The first-order chi connectivity index (χ1) is 9.74. The van der Waals surface area contributed by atoms with Gasteiger partial charge >= 0.3 is 6.03 Å². The minimum Gasteiger partial charge on any atom is -0.333 e. The summed E-state index contributed by atoms with van der Waals surface area (Å²) in [5.41, 5.74) is 0.777. The molecule has 2 aromatic rings. The third-order valence-corrected chi connectivity index (χ3v) is 3.27. The average molecular weight is 270 g/mol. The van der Waals surface area contributed by atoms with Gasteiger partial charge in [-0.15, -0.1) is 0 Å². The molecule has 7 heteroatoms. The number of carbonyl (C=O) groups excluding carboxylic acids is 1. The Balaban J connectivity index is 1.60. The largest absolute Gasteiger partial charge is 0.333 e. The molecule has 2 aromatic heterocycles. The first kappa shape index (κ1) is 12.3. The fraction of sp³-hybridized carbons (Fsp3) is 0.308. The van der Waals surface area contributed by atoms with E-state index in [1.165, 1.54) is 0 Å². The maximum Gasteiger partial charge on any atom is 0.320 e. The van der Waals surface area contributed by atoms with Crippen LogP contribution >= 0.6 is 0 Å². The van der Waals surface area contributed by atoms with Gasteiger partial charge in [0.15, 0.2) is 12.0 Å². The molecule has 0 unspecified atom stereocenters. The lowest BCUT2D eigenvalue weighted by atomic mass is 10.3. The SMILES string of the molecule is N#CN1CC[C@@H](NC(=O)Nc2cn3ccccc3n2)C1. The Labute approximate surface area is 115 Å². The summed E-state index contributed by atoms with van der Waals surface area (Å²) in [6, 6.07) is 5.37. The third kappa shape index (κ3) is 2.49. The van der Waals surface area contributed by atoms with Gasteiger partial charge in [0.25, 0.3) is 0 Å². The molecule has 0 aliphatic carbocycles. The lowest BCUT2D eigenvalue weighted by molar-refractivity contribution is 0.248. The van der Waals surface area contributed by atoms with Crippen LogP contribution in [0.2, 0.25) is 0 Å². The van der Waals surface area contributed by atoms with Gasteiger partial charge in [0.2, 0.25) is 0 Å². The summed E-state index contributed by atoms with van der Waals surface area (Å²) < 4.78 is 1.84. The molecule has 0 spiro atoms. The van der Waals surface area contributed by atoms with Crippen LogP contribution in [-0.4, -0.2) is 39.4 Å². The van der Waals surface area contributed by atoms with Gasteiger partial charge in [-0.05, 0) is 18.6 Å². The number of carbonyl (C=O) groups is 1. The quantitative estimate of drug-likeness (QED) is 0.797. The summed E-state index contributed by atoms with van der Waals surface area (Å²) in [7, 11) is 0. The first-order valence-corrected chi connectivity index (χ1v) is 6.40. The van der Waals surface area contributed by atoms with Crippen LogP contribution in [0.3, 0.4) is 0 Å². The van der Waals surface area contributed by atoms with E-state index in [2.05, 4.69) is 21.8 Å². The molecule has 2 amide bonds. The van der Waals surface area contributed by atoms with Gasteiger partial charge in [-0.3, -0.25) is 5.32 Å². The molecule has 0 saturated carbocycles. The van der Waals surface area contributed by atoms with Crippen molar-refractivity contribution in [1.82, 2.24) is 19.6 Å². The van der Waals surface area contributed by atoms with Gasteiger partial charge in [0.05, 0.1) is 12.2 Å². The molecule has 1 saturated heterocycles. The number of nitrogens with one attached hydrogen (secondary N) is 2. The first-order valence-electron chi connectivity index (χ1n) is 6.40. The second kappa shape index (κ2) is 5.09. The second-order valence-electron chi connectivity index (χ2n) is 4.72. The summed E-state index contributed by atoms with van der Waals surface area (Å²) in [5, 5.41) is 14.3. The van der Waals surface area contributed by atoms with E-state index in [1.807, 2.05) is 28.8 Å². The van der Waals surface area contributed by atoms with E-state index < -0.39 is 0 Å². The molecule has 2 N–H and O–H groups in total. The van der Waals surface area contributed by atoms with Crippen LogP contribution in [0.5, 0.6) is 0 Å². The van der Waals surface area contributed by atoms with Crippen LogP contribution in [0.15, 0.2) is 30.6 Å². The van der Waals surface area contributed by atoms with Crippen molar-refractivity contribution in [3.05, 3.63) is 30.6 Å². The zero-order valence-corrected chi connectivity index (χ0v) is 10.8. The topological polar surface area (TPSA) is 85.5 Å². The number of hydrogen-bond donors (Lipinski definition) is 2. The number of anilines is 1. The number of aromatic nitrogens is 2. The Kier molecular flexibility index (Phi) is 3.13. The predicted molar refractivity (Wildman–Crippen MR) is 72.9 cm³/mol. The number of likely N-dealkylation sites (tertiary alicyclic amines) is 1. The van der Waals surface area contributed by atoms with E-state index in [0.29, 0.717) is 18.9 Å². The number of rotatable bonds is 2. The van der Waals surface area contributed by atoms with Gasteiger partial charge < -0.3 is 14.6 Å². The van der Waals surface area contributed by atoms with Gasteiger partial charge in [-0.25, -0.2) is 9.78 Å². The van der Waals surface area contributed by atoms with Crippen molar-refractivity contribution in [3.8, 4) is 6.19 Å². The molecule has 102 valence electrons. The smallest absolute Gasteiger partial charge is 0.320 e. The van der Waals surface area contributed by atoms with Gasteiger partial charge in [-0.1, -0.05) is 6.07 Å². The lowest BCUT2D eigenvalue weighted by Gasteiger charge is -2.12. The molecule has 3 heterocycles. The Morgan fingerprint density at radius 1 is 1.50 bits per heavy atom. The highest BCUT2D eigenvalue weighted by Gasteiger charge is 2.23. The van der Waals surface area contributed by atoms with Crippen molar-refractivity contribution in [2.75, 3.05) is 18.4 Å². The van der Waals surface area contributed by atoms with Gasteiger partial charge in [0.1, 0.15) is 5.65 Å². The van der Waals surface area contributed by atoms with E-state index in [4.69, 9.17) is 5.26 Å². The fourth-order valence-electron chi connectivity index (χ4n) is 2.30. The van der Waals surface area contributed by atoms with E-state index in [1.54, 1.807) is 11.1 Å². The third-order valence-electron chi connectivity index (χ3n) is 3.27. The average Bonchev–Trinajstić information content (AvgIpc) is 3.04. The number of nitriles is 1. The van der Waals surface area contributed by atoms with Crippen molar-refractivity contribution >= 4 is 17.5 Å². The van der Waals surface area contributed by atoms with Crippen LogP contribution < -0.4 is 10.6 Å². The summed E-state index contributed by atoms with van der Waals surface area (Å²) in [5.74, 6) is 0.504. The van der Waals surface area contributed by atoms with Gasteiger partial charge in [-0.2, -0.15) is 5.26 Å². The number of fused-ring (bicyclic) bond motifs is 1. The molecule has 20 heavy (non-hydrogen) atoms. The monoisotopic (exact) mass is 270 g/mol. The van der Waals surface area contributed by atoms with Crippen LogP contribution in [0, 0.1) is 11.5 Å². The summed E-state index contributed by atoms with van der Waals surface area (Å²) in [6.45, 7) is 1.25. The molecule has 7 nitrogen and oxygen atoms in total. The van der Waals surface area contributed by atoms with Gasteiger partial charge in [0, 0.05) is 19.3 Å². The molecule has 1 aliphatic rings. The maximum absolute atomic E-state index is 11.9. The number of amides is 2. The lowest BCUT2D eigenvalue weighted by Crippen LogP contribution is -2.39. The molecular formula is C13H14N6O. The molecule has 3 rings (SSSR count). The van der Waals surface area contributed by atoms with Crippen LogP contribution in [0.1, 0.15) is 6.42 Å². The Hall–Kier alpha value is -2.75. The highest BCUT2D eigenvalue weighted by molar-refractivity contribution is 5.88. The normalized spacial score (nSPS) is 17.9. The van der Waals surface area contributed by atoms with Crippen LogP contribution in [0.4, 0.5) is 10.6 Å². The standard InChI is InChI=1S/C13H14N6O/c14-9-18-6-4-10(7-18)15-13(20)17-11-8-19-5-2-1-3-12(19)16-11/h1-3,5,8,10H,4,6-7H2,(H2,15,17,20)/t10-/m1/s1. The summed E-state index contributed by atoms with van der Waals surface area (Å²) in [6.07, 6.45) is 6.49. The Bertz CT molecular complexity index is 640. The van der Waals surface area contributed by atoms with Crippen molar-refractivity contribution in [3.63, 3.8) is 0 Å². The van der Waals surface area contributed by atoms with Crippen molar-refractivity contribution in [1.29, 1.82) is 5.26 Å². The number of pyridine rings is 1. The minimum absolute atomic E-state index is 0.00619. The second-order valence-corrected chi connectivity index (χ2v) is 4.72. The number of nitrogens with zero attached hydrogens (tertiary/aromatic N) is 4. The molecule has 1 fully saturated rings. The zero-order valence-electron chi connectivity index (χ0n) is 10.8. The van der Waals surface area contributed by atoms with E-state index in [9.17, 15) is 4.79 Å². The molecule has 0 aromatic carbocycles. The molecule has 0 bridgehead atoms. The number of hydrogen-bond acceptors (Lipinski definition) is 4. The van der Waals surface area contributed by atoms with E-state index in [-0.39, 0.29) is 12.1 Å². The Morgan fingerprint density at radius 2 is 2.40 bits per heavy atom. The molecule has 1 atom stereocenters. The number of imidazole rings is 1. The molecule has 0 radical (unpaired) electrons. The summed E-state index contributed by atoms with van der Waals surface area (Å²) in [4.78, 5) is 17.8. The van der Waals surface area contributed by atoms with Crippen molar-refractivity contribution in [2.45, 2.75) is 12.5 Å². The highest BCUT2D eigenvalue weighted by atomic mass is 16.2. The molecule has 1 aliphatic heterocycles. The predicted octanol–water partition coefficient (Wildman–Crippen LogP) is 1.01. The summed E-state index contributed by atoms with van der Waals surface area (Å²) >= 11 is 0. The Morgan fingerprint density at radius 3 is 3.15 bits per heavy atom. The maximum atomic E-state index is 11.9. The fourth-order valence-corrected chi connectivity index (χ4v) is 2.30. The van der Waals surface area contributed by atoms with E-state index in [0.717, 1.165) is 12.1 Å². The molecular weight excluding hydrogens is 256 g/mol.